The topological polar surface area (TPSA) is 125 Å². The standard InChI is InChI=1S/C36H34Cl2N4O6/c1-16-9-39-30-24(47-18(3)43)5-22-28(26(16)30)20(7-37)11-41(22)32(45)34-13-35(15-36(34,35)14-34)33(46)42-12-21(8-38)29-23(42)6-25(48-19(4)44)31-27(29)17(2)10-40-31/h5-6,9-10,20-21,39-40H,7-8,11-15H2,1-4H3. The van der Waals surface area contributed by atoms with Crippen LogP contribution in [0.5, 0.6) is 11.5 Å². The number of rotatable bonds is 6. The SMILES string of the molecule is CC(=O)Oc1cc2c(c3c(C)c[nH]c13)C(CCl)CN2C(=O)C12CC3(C(=O)N4CC(CCl)c5c4cc(OC(C)=O)c4[nH]cc(C)c54)CC13C2. The summed E-state index contributed by atoms with van der Waals surface area (Å²) < 4.78 is 11.2. The molecule has 12 heteroatoms. The molecule has 0 saturated heterocycles. The highest BCUT2D eigenvalue weighted by Gasteiger charge is 3.01. The number of anilines is 2. The minimum absolute atomic E-state index is 0.0147. The number of aryl methyl sites for hydroxylation is 2. The molecule has 2 amide bonds. The van der Waals surface area contributed by atoms with E-state index in [1.165, 1.54) is 13.8 Å². The normalized spacial score (nSPS) is 28.9. The lowest BCUT2D eigenvalue weighted by Gasteiger charge is -2.37. The van der Waals surface area contributed by atoms with Crippen molar-refractivity contribution in [2.24, 2.45) is 16.2 Å². The number of nitrogens with one attached hydrogen (secondary N) is 2. The van der Waals surface area contributed by atoms with Crippen LogP contribution in [0.4, 0.5) is 11.4 Å². The molecule has 3 aliphatic carbocycles. The summed E-state index contributed by atoms with van der Waals surface area (Å²) >= 11 is 13.0. The Balaban J connectivity index is 1.05. The highest BCUT2D eigenvalue weighted by atomic mass is 35.5. The molecule has 0 bridgehead atoms. The second-order valence-electron chi connectivity index (χ2n) is 14.6. The maximum absolute atomic E-state index is 14.6. The molecule has 0 radical (unpaired) electrons. The first kappa shape index (κ1) is 30.1. The number of hydrogen-bond donors (Lipinski definition) is 2. The van der Waals surface area contributed by atoms with Crippen LogP contribution >= 0.6 is 23.2 Å². The summed E-state index contributed by atoms with van der Waals surface area (Å²) in [6, 6.07) is 3.57. The van der Waals surface area contributed by atoms with Crippen molar-refractivity contribution in [2.45, 2.75) is 58.8 Å². The minimum atomic E-state index is -0.608. The van der Waals surface area contributed by atoms with Crippen molar-refractivity contribution >= 4 is 80.1 Å². The van der Waals surface area contributed by atoms with Crippen LogP contribution in [0.25, 0.3) is 21.8 Å². The number of alkyl halides is 2. The van der Waals surface area contributed by atoms with Gasteiger partial charge >= 0.3 is 11.9 Å². The van der Waals surface area contributed by atoms with E-state index >= 15 is 0 Å². The lowest BCUT2D eigenvalue weighted by atomic mass is 9.72. The molecule has 48 heavy (non-hydrogen) atoms. The minimum Gasteiger partial charge on any atom is -0.424 e. The molecule has 2 aromatic heterocycles. The van der Waals surface area contributed by atoms with Gasteiger partial charge in [0.2, 0.25) is 11.8 Å². The Morgan fingerprint density at radius 1 is 0.750 bits per heavy atom. The number of halogens is 2. The summed E-state index contributed by atoms with van der Waals surface area (Å²) in [7, 11) is 0. The molecule has 5 aliphatic rings. The Labute approximate surface area is 286 Å². The third-order valence-corrected chi connectivity index (χ3v) is 12.8. The van der Waals surface area contributed by atoms with E-state index in [9.17, 15) is 19.2 Å². The molecule has 4 unspecified atom stereocenters. The van der Waals surface area contributed by atoms with Crippen molar-refractivity contribution in [1.29, 1.82) is 0 Å². The zero-order chi connectivity index (χ0) is 33.7. The van der Waals surface area contributed by atoms with E-state index in [1.54, 1.807) is 12.1 Å². The van der Waals surface area contributed by atoms with E-state index in [0.717, 1.165) is 44.4 Å². The predicted molar refractivity (Wildman–Crippen MR) is 181 cm³/mol. The number of hydrogen-bond acceptors (Lipinski definition) is 6. The van der Waals surface area contributed by atoms with Gasteiger partial charge in [-0.15, -0.1) is 23.2 Å². The largest absolute Gasteiger partial charge is 0.424 e. The maximum Gasteiger partial charge on any atom is 0.308 e. The number of H-pyrrole nitrogens is 2. The Kier molecular flexibility index (Phi) is 5.99. The second kappa shape index (κ2) is 9.57. The van der Waals surface area contributed by atoms with Gasteiger partial charge in [-0.05, 0) is 55.4 Å². The Morgan fingerprint density at radius 2 is 1.17 bits per heavy atom. The van der Waals surface area contributed by atoms with Crippen molar-refractivity contribution in [2.75, 3.05) is 34.6 Å². The smallest absolute Gasteiger partial charge is 0.308 e. The van der Waals surface area contributed by atoms with Crippen LogP contribution in [0.2, 0.25) is 0 Å². The quantitative estimate of drug-likeness (QED) is 0.139. The van der Waals surface area contributed by atoms with Crippen molar-refractivity contribution in [1.82, 2.24) is 9.97 Å². The first-order chi connectivity index (χ1) is 22.9. The van der Waals surface area contributed by atoms with Gasteiger partial charge in [0.05, 0.1) is 33.2 Å². The zero-order valence-corrected chi connectivity index (χ0v) is 28.5. The molecule has 4 aromatic rings. The fraction of sp³-hybridized carbons (Fsp3) is 0.444. The van der Waals surface area contributed by atoms with Crippen LogP contribution in [0.15, 0.2) is 24.5 Å². The summed E-state index contributed by atoms with van der Waals surface area (Å²) in [5.41, 5.74) is 5.24. The highest BCUT2D eigenvalue weighted by Crippen LogP contribution is 3.01. The van der Waals surface area contributed by atoms with Crippen molar-refractivity contribution in [3.05, 3.63) is 46.8 Å². The first-order valence-electron chi connectivity index (χ1n) is 16.3. The van der Waals surface area contributed by atoms with Gasteiger partial charge in [-0.1, -0.05) is 0 Å². The third-order valence-electron chi connectivity index (χ3n) is 12.1. The number of nitrogens with zero attached hydrogens (tertiary/aromatic N) is 2. The second-order valence-corrected chi connectivity index (χ2v) is 15.2. The number of carbonyl (C=O) groups excluding carboxylic acids is 4. The van der Waals surface area contributed by atoms with E-state index in [2.05, 4.69) is 9.97 Å². The third kappa shape index (κ3) is 3.50. The predicted octanol–water partition coefficient (Wildman–Crippen LogP) is 6.33. The lowest BCUT2D eigenvalue weighted by molar-refractivity contribution is -0.134. The lowest BCUT2D eigenvalue weighted by Crippen LogP contribution is -2.49. The van der Waals surface area contributed by atoms with Crippen LogP contribution in [-0.4, -0.2) is 58.6 Å². The summed E-state index contributed by atoms with van der Waals surface area (Å²) in [4.78, 5) is 63.4. The van der Waals surface area contributed by atoms with Gasteiger partial charge in [0.1, 0.15) is 0 Å². The van der Waals surface area contributed by atoms with Crippen molar-refractivity contribution in [3.63, 3.8) is 0 Å². The number of aromatic amines is 2. The van der Waals surface area contributed by atoms with E-state index in [1.807, 2.05) is 36.0 Å². The van der Waals surface area contributed by atoms with Gasteiger partial charge in [-0.3, -0.25) is 19.2 Å². The molecule has 4 heterocycles. The van der Waals surface area contributed by atoms with Crippen LogP contribution in [0, 0.1) is 30.1 Å². The maximum atomic E-state index is 14.6. The molecular weight excluding hydrogens is 655 g/mol. The van der Waals surface area contributed by atoms with E-state index < -0.39 is 22.8 Å². The van der Waals surface area contributed by atoms with Crippen molar-refractivity contribution < 1.29 is 28.7 Å². The Bertz CT molecular complexity index is 2040. The molecule has 2 aromatic carbocycles. The monoisotopic (exact) mass is 688 g/mol. The van der Waals surface area contributed by atoms with Crippen LogP contribution in [0.1, 0.15) is 67.2 Å². The van der Waals surface area contributed by atoms with Gasteiger partial charge in [0.25, 0.3) is 0 Å². The molecule has 3 saturated carbocycles. The average molecular weight is 690 g/mol. The fourth-order valence-electron chi connectivity index (χ4n) is 10.0. The van der Waals surface area contributed by atoms with Gasteiger partial charge in [-0.2, -0.15) is 0 Å². The molecule has 248 valence electrons. The number of fused-ring (bicyclic) bond motifs is 6. The van der Waals surface area contributed by atoms with Crippen LogP contribution < -0.4 is 19.3 Å². The molecule has 3 fully saturated rings. The van der Waals surface area contributed by atoms with E-state index in [-0.39, 0.29) is 29.1 Å². The number of esters is 2. The summed E-state index contributed by atoms with van der Waals surface area (Å²) in [6.45, 7) is 7.55. The van der Waals surface area contributed by atoms with Gasteiger partial charge < -0.3 is 29.2 Å². The zero-order valence-electron chi connectivity index (χ0n) is 27.0. The van der Waals surface area contributed by atoms with Crippen molar-refractivity contribution in [3.8, 4) is 11.5 Å². The molecule has 2 aliphatic heterocycles. The average Bonchev–Trinajstić information content (AvgIpc) is 3.45. The number of benzene rings is 2. The van der Waals surface area contributed by atoms with Crippen LogP contribution in [0.3, 0.4) is 0 Å². The van der Waals surface area contributed by atoms with E-state index in [0.29, 0.717) is 66.6 Å². The van der Waals surface area contributed by atoms with Gasteiger partial charge in [0.15, 0.2) is 11.5 Å². The summed E-state index contributed by atoms with van der Waals surface area (Å²) in [5.74, 6) is 0.409. The molecule has 10 nitrogen and oxygen atoms in total. The Morgan fingerprint density at radius 3 is 1.52 bits per heavy atom. The molecular formula is C36H34Cl2N4O6. The summed E-state index contributed by atoms with van der Waals surface area (Å²) in [6.07, 6.45) is 5.57. The number of aromatic nitrogens is 2. The molecule has 1 spiro atoms. The van der Waals surface area contributed by atoms with Gasteiger partial charge in [-0.25, -0.2) is 0 Å². The summed E-state index contributed by atoms with van der Waals surface area (Å²) in [5, 5.41) is 1.86. The molecule has 9 rings (SSSR count). The number of ether oxygens (including phenoxy) is 2. The number of carbonyl (C=O) groups is 4. The van der Waals surface area contributed by atoms with E-state index in [4.69, 9.17) is 32.7 Å². The first-order valence-corrected chi connectivity index (χ1v) is 17.4. The number of amides is 2. The Hall–Kier alpha value is -4.02. The van der Waals surface area contributed by atoms with Gasteiger partial charge in [0, 0.05) is 91.2 Å². The molecule has 4 atom stereocenters. The fourth-order valence-corrected chi connectivity index (χ4v) is 10.5. The highest BCUT2D eigenvalue weighted by molar-refractivity contribution is 6.20. The van der Waals surface area contributed by atoms with Crippen LogP contribution in [-0.2, 0) is 19.2 Å². The molecule has 2 N–H and O–H groups in total.